The van der Waals surface area contributed by atoms with E-state index in [1.54, 1.807) is 12.1 Å². The summed E-state index contributed by atoms with van der Waals surface area (Å²) in [6.45, 7) is 6.36. The maximum Gasteiger partial charge on any atom is 0.324 e. The van der Waals surface area contributed by atoms with Crippen molar-refractivity contribution in [3.63, 3.8) is 0 Å². The first-order chi connectivity index (χ1) is 7.55. The van der Waals surface area contributed by atoms with Gasteiger partial charge >= 0.3 is 5.97 Å². The van der Waals surface area contributed by atoms with Gasteiger partial charge in [0.25, 0.3) is 0 Å². The number of hydrogen-bond acceptors (Lipinski definition) is 2. The fourth-order valence-electron chi connectivity index (χ4n) is 1.54. The molecule has 0 spiro atoms. The van der Waals surface area contributed by atoms with Crippen LogP contribution in [0, 0.1) is 0 Å². The lowest BCUT2D eigenvalue weighted by molar-refractivity contribution is 0.0721. The van der Waals surface area contributed by atoms with Crippen molar-refractivity contribution in [3.8, 4) is 0 Å². The van der Waals surface area contributed by atoms with Crippen molar-refractivity contribution in [1.29, 1.82) is 0 Å². The maximum atomic E-state index is 11.8. The second-order valence-corrected chi connectivity index (χ2v) is 8.84. The van der Waals surface area contributed by atoms with E-state index in [1.807, 2.05) is 18.2 Å². The Bertz CT molecular complexity index is 333. The summed E-state index contributed by atoms with van der Waals surface area (Å²) in [6.07, 6.45) is 2.29. The van der Waals surface area contributed by atoms with Gasteiger partial charge in [0, 0.05) is 0 Å². The number of benzene rings is 1. The van der Waals surface area contributed by atoms with Gasteiger partial charge in [0.15, 0.2) is 0 Å². The fraction of sp³-hybridized carbons (Fsp3) is 0.462. The Hall–Kier alpha value is -1.09. The van der Waals surface area contributed by atoms with E-state index in [9.17, 15) is 4.79 Å². The van der Waals surface area contributed by atoms with Crippen LogP contribution in [0.15, 0.2) is 30.3 Å². The molecule has 0 aromatic heterocycles. The molecular weight excluding hydrogens is 216 g/mol. The Labute approximate surface area is 98.8 Å². The van der Waals surface area contributed by atoms with Crippen molar-refractivity contribution in [1.82, 2.24) is 0 Å². The van der Waals surface area contributed by atoms with Gasteiger partial charge in [0.05, 0.1) is 5.56 Å². The molecule has 0 bridgehead atoms. The van der Waals surface area contributed by atoms with Crippen molar-refractivity contribution in [3.05, 3.63) is 35.9 Å². The van der Waals surface area contributed by atoms with Crippen molar-refractivity contribution in [2.45, 2.75) is 38.9 Å². The van der Waals surface area contributed by atoms with Crippen molar-refractivity contribution < 1.29 is 9.22 Å². The first-order valence-corrected chi connectivity index (χ1v) is 8.95. The Morgan fingerprint density at radius 2 is 1.88 bits per heavy atom. The minimum Gasteiger partial charge on any atom is -0.516 e. The molecule has 0 heterocycles. The molecule has 1 rings (SSSR count). The van der Waals surface area contributed by atoms with E-state index in [1.165, 1.54) is 0 Å². The van der Waals surface area contributed by atoms with Crippen LogP contribution in [0.1, 0.15) is 30.1 Å². The molecule has 0 aliphatic heterocycles. The highest BCUT2D eigenvalue weighted by Crippen LogP contribution is 2.17. The number of rotatable bonds is 5. The van der Waals surface area contributed by atoms with Gasteiger partial charge in [-0.15, -0.1) is 0 Å². The molecule has 0 amide bonds. The molecule has 1 aromatic carbocycles. The highest BCUT2D eigenvalue weighted by Gasteiger charge is 2.26. The van der Waals surface area contributed by atoms with Crippen molar-refractivity contribution >= 4 is 14.3 Å². The summed E-state index contributed by atoms with van der Waals surface area (Å²) >= 11 is 0. The molecular formula is C13H20O2Si. The summed E-state index contributed by atoms with van der Waals surface area (Å²) in [4.78, 5) is 11.8. The summed E-state index contributed by atoms with van der Waals surface area (Å²) in [7, 11) is -1.82. The molecule has 0 atom stereocenters. The van der Waals surface area contributed by atoms with Gasteiger partial charge < -0.3 is 4.43 Å². The van der Waals surface area contributed by atoms with E-state index >= 15 is 0 Å². The first kappa shape index (κ1) is 13.0. The highest BCUT2D eigenvalue weighted by atomic mass is 28.4. The van der Waals surface area contributed by atoms with Crippen LogP contribution in [-0.4, -0.2) is 14.3 Å². The Balaban J connectivity index is 2.57. The number of hydrogen-bond donors (Lipinski definition) is 0. The maximum absolute atomic E-state index is 11.8. The van der Waals surface area contributed by atoms with Gasteiger partial charge in [-0.1, -0.05) is 38.0 Å². The van der Waals surface area contributed by atoms with E-state index in [0.717, 1.165) is 18.9 Å². The third kappa shape index (κ3) is 4.19. The molecule has 0 radical (unpaired) electrons. The largest absolute Gasteiger partial charge is 0.516 e. The SMILES string of the molecule is CCCC[Si](C)(C)OC(=O)c1ccccc1. The lowest BCUT2D eigenvalue weighted by Gasteiger charge is -2.22. The zero-order chi connectivity index (χ0) is 12.0. The topological polar surface area (TPSA) is 26.3 Å². The molecule has 0 N–H and O–H groups in total. The highest BCUT2D eigenvalue weighted by molar-refractivity contribution is 6.72. The molecule has 16 heavy (non-hydrogen) atoms. The van der Waals surface area contributed by atoms with E-state index in [-0.39, 0.29) is 5.97 Å². The summed E-state index contributed by atoms with van der Waals surface area (Å²) in [5.74, 6) is -0.173. The van der Waals surface area contributed by atoms with Gasteiger partial charge in [-0.2, -0.15) is 0 Å². The minimum atomic E-state index is -1.82. The van der Waals surface area contributed by atoms with Gasteiger partial charge in [0.2, 0.25) is 8.32 Å². The third-order valence-corrected chi connectivity index (χ3v) is 4.81. The number of carbonyl (C=O) groups is 1. The number of carbonyl (C=O) groups excluding carboxylic acids is 1. The molecule has 0 fully saturated rings. The molecule has 3 heteroatoms. The third-order valence-electron chi connectivity index (χ3n) is 2.51. The van der Waals surface area contributed by atoms with Gasteiger partial charge in [-0.05, 0) is 31.3 Å². The summed E-state index contributed by atoms with van der Waals surface area (Å²) in [6, 6.07) is 10.3. The van der Waals surface area contributed by atoms with Crippen LogP contribution in [-0.2, 0) is 4.43 Å². The predicted molar refractivity (Wildman–Crippen MR) is 69.1 cm³/mol. The Morgan fingerprint density at radius 3 is 2.44 bits per heavy atom. The van der Waals surface area contributed by atoms with E-state index in [4.69, 9.17) is 4.43 Å². The molecule has 2 nitrogen and oxygen atoms in total. The second kappa shape index (κ2) is 5.85. The van der Waals surface area contributed by atoms with Gasteiger partial charge in [-0.3, -0.25) is 0 Å². The monoisotopic (exact) mass is 236 g/mol. The van der Waals surface area contributed by atoms with Crippen molar-refractivity contribution in [2.75, 3.05) is 0 Å². The average Bonchev–Trinajstić information content (AvgIpc) is 2.27. The Kier molecular flexibility index (Phi) is 4.74. The van der Waals surface area contributed by atoms with E-state index in [2.05, 4.69) is 20.0 Å². The van der Waals surface area contributed by atoms with Crippen LogP contribution in [0.2, 0.25) is 19.1 Å². The van der Waals surface area contributed by atoms with Crippen LogP contribution < -0.4 is 0 Å². The quantitative estimate of drug-likeness (QED) is 0.726. The molecule has 88 valence electrons. The lowest BCUT2D eigenvalue weighted by Crippen LogP contribution is -2.33. The van der Waals surface area contributed by atoms with Crippen molar-refractivity contribution in [2.24, 2.45) is 0 Å². The first-order valence-electron chi connectivity index (χ1n) is 5.83. The van der Waals surface area contributed by atoms with Gasteiger partial charge in [-0.25, -0.2) is 4.79 Å². The number of unbranched alkanes of at least 4 members (excludes halogenated alkanes) is 1. The fourth-order valence-corrected chi connectivity index (χ4v) is 3.46. The molecule has 0 saturated heterocycles. The van der Waals surface area contributed by atoms with Crippen LogP contribution in [0.4, 0.5) is 0 Å². The zero-order valence-electron chi connectivity index (χ0n) is 10.3. The summed E-state index contributed by atoms with van der Waals surface area (Å²) < 4.78 is 5.63. The van der Waals surface area contributed by atoms with Crippen LogP contribution in [0.25, 0.3) is 0 Å². The molecule has 0 aliphatic rings. The molecule has 0 aliphatic carbocycles. The zero-order valence-corrected chi connectivity index (χ0v) is 11.3. The molecule has 1 aromatic rings. The normalized spacial score (nSPS) is 11.2. The van der Waals surface area contributed by atoms with E-state index in [0.29, 0.717) is 5.56 Å². The summed E-state index contributed by atoms with van der Waals surface area (Å²) in [5.41, 5.74) is 0.652. The smallest absolute Gasteiger partial charge is 0.324 e. The standard InChI is InChI=1S/C13H20O2Si/c1-4-5-11-16(2,3)15-13(14)12-9-7-6-8-10-12/h6-10H,4-5,11H2,1-3H3. The van der Waals surface area contributed by atoms with Crippen LogP contribution >= 0.6 is 0 Å². The predicted octanol–water partition coefficient (Wildman–Crippen LogP) is 3.85. The van der Waals surface area contributed by atoms with Crippen LogP contribution in [0.3, 0.4) is 0 Å². The average molecular weight is 236 g/mol. The second-order valence-electron chi connectivity index (χ2n) is 4.62. The molecule has 0 unspecified atom stereocenters. The minimum absolute atomic E-state index is 0.173. The summed E-state index contributed by atoms with van der Waals surface area (Å²) in [5, 5.41) is 0. The van der Waals surface area contributed by atoms with Gasteiger partial charge in [0.1, 0.15) is 0 Å². The Morgan fingerprint density at radius 1 is 1.25 bits per heavy atom. The lowest BCUT2D eigenvalue weighted by atomic mass is 10.2. The van der Waals surface area contributed by atoms with E-state index < -0.39 is 8.32 Å². The molecule has 0 saturated carbocycles. The van der Waals surface area contributed by atoms with Crippen LogP contribution in [0.5, 0.6) is 0 Å².